The van der Waals surface area contributed by atoms with Crippen molar-refractivity contribution in [3.05, 3.63) is 70.2 Å². The lowest BCUT2D eigenvalue weighted by Crippen LogP contribution is -2.27. The molecule has 0 bridgehead atoms. The number of thiazole rings is 1. The van der Waals surface area contributed by atoms with Crippen LogP contribution in [0, 0.1) is 0 Å². The van der Waals surface area contributed by atoms with Crippen molar-refractivity contribution in [2.45, 2.75) is 17.9 Å². The summed E-state index contributed by atoms with van der Waals surface area (Å²) in [5.41, 5.74) is 1.79. The minimum Gasteiger partial charge on any atom is -0.344 e. The molecule has 0 fully saturated rings. The van der Waals surface area contributed by atoms with E-state index in [1.165, 1.54) is 23.5 Å². The van der Waals surface area contributed by atoms with Crippen LogP contribution in [0.3, 0.4) is 0 Å². The van der Waals surface area contributed by atoms with Crippen molar-refractivity contribution in [3.63, 3.8) is 0 Å². The SMILES string of the molecule is CC(NC(=O)c1csc(-c2ccc(Cl)cc2)n1)c1cccc(S(N)(=O)=O)c1. The lowest BCUT2D eigenvalue weighted by Gasteiger charge is -2.14. The topological polar surface area (TPSA) is 102 Å². The lowest BCUT2D eigenvalue weighted by atomic mass is 10.1. The number of aromatic nitrogens is 1. The first-order valence-electron chi connectivity index (χ1n) is 7.89. The Morgan fingerprint density at radius 3 is 2.59 bits per heavy atom. The van der Waals surface area contributed by atoms with Gasteiger partial charge in [-0.05, 0) is 36.8 Å². The van der Waals surface area contributed by atoms with E-state index < -0.39 is 16.1 Å². The number of amides is 1. The summed E-state index contributed by atoms with van der Waals surface area (Å²) in [6, 6.07) is 12.9. The van der Waals surface area contributed by atoms with Gasteiger partial charge >= 0.3 is 0 Å². The first kappa shape index (κ1) is 19.5. The molecule has 3 N–H and O–H groups in total. The molecule has 0 aliphatic carbocycles. The Balaban J connectivity index is 1.75. The fraction of sp³-hybridized carbons (Fsp3) is 0.111. The van der Waals surface area contributed by atoms with Crippen molar-refractivity contribution in [2.75, 3.05) is 0 Å². The summed E-state index contributed by atoms with van der Waals surface area (Å²) in [6.07, 6.45) is 0. The number of carbonyl (C=O) groups excluding carboxylic acids is 1. The maximum absolute atomic E-state index is 12.5. The van der Waals surface area contributed by atoms with Gasteiger partial charge in [-0.3, -0.25) is 4.79 Å². The average molecular weight is 422 g/mol. The molecule has 0 radical (unpaired) electrons. The molecule has 0 aliphatic rings. The van der Waals surface area contributed by atoms with Gasteiger partial charge in [0.2, 0.25) is 10.0 Å². The average Bonchev–Trinajstić information content (AvgIpc) is 3.12. The summed E-state index contributed by atoms with van der Waals surface area (Å²) in [7, 11) is -3.80. The highest BCUT2D eigenvalue weighted by Crippen LogP contribution is 2.25. The Morgan fingerprint density at radius 2 is 1.93 bits per heavy atom. The predicted molar refractivity (Wildman–Crippen MR) is 106 cm³/mol. The molecule has 1 atom stereocenters. The summed E-state index contributed by atoms with van der Waals surface area (Å²) in [5.74, 6) is -0.347. The van der Waals surface area contributed by atoms with Crippen molar-refractivity contribution in [1.82, 2.24) is 10.3 Å². The molecule has 0 aliphatic heterocycles. The van der Waals surface area contributed by atoms with Crippen LogP contribution in [-0.2, 0) is 10.0 Å². The van der Waals surface area contributed by atoms with Gasteiger partial charge in [0.15, 0.2) is 0 Å². The predicted octanol–water partition coefficient (Wildman–Crippen LogP) is 3.60. The molecule has 0 saturated heterocycles. The van der Waals surface area contributed by atoms with Crippen LogP contribution in [0.15, 0.2) is 58.8 Å². The Morgan fingerprint density at radius 1 is 1.22 bits per heavy atom. The number of nitrogens with one attached hydrogen (secondary N) is 1. The molecule has 0 saturated carbocycles. The largest absolute Gasteiger partial charge is 0.344 e. The number of rotatable bonds is 5. The van der Waals surface area contributed by atoms with Crippen molar-refractivity contribution in [2.24, 2.45) is 5.14 Å². The van der Waals surface area contributed by atoms with E-state index in [2.05, 4.69) is 10.3 Å². The number of sulfonamides is 1. The van der Waals surface area contributed by atoms with E-state index >= 15 is 0 Å². The number of hydrogen-bond donors (Lipinski definition) is 2. The molecule has 140 valence electrons. The van der Waals surface area contributed by atoms with E-state index in [9.17, 15) is 13.2 Å². The first-order valence-corrected chi connectivity index (χ1v) is 10.7. The summed E-state index contributed by atoms with van der Waals surface area (Å²) < 4.78 is 23.0. The number of carbonyl (C=O) groups is 1. The normalized spacial score (nSPS) is 12.6. The Labute approximate surface area is 166 Å². The van der Waals surface area contributed by atoms with Crippen LogP contribution >= 0.6 is 22.9 Å². The first-order chi connectivity index (χ1) is 12.7. The molecule has 1 heterocycles. The zero-order valence-corrected chi connectivity index (χ0v) is 16.6. The van der Waals surface area contributed by atoms with Gasteiger partial charge in [-0.1, -0.05) is 35.9 Å². The van der Waals surface area contributed by atoms with Crippen LogP contribution in [0.2, 0.25) is 5.02 Å². The van der Waals surface area contributed by atoms with E-state index in [1.807, 2.05) is 12.1 Å². The van der Waals surface area contributed by atoms with Gasteiger partial charge in [-0.2, -0.15) is 0 Å². The Bertz CT molecular complexity index is 1080. The molecule has 1 unspecified atom stereocenters. The summed E-state index contributed by atoms with van der Waals surface area (Å²) in [5, 5.41) is 11.0. The molecule has 6 nitrogen and oxygen atoms in total. The number of halogens is 1. The third-order valence-electron chi connectivity index (χ3n) is 3.86. The van der Waals surface area contributed by atoms with Crippen LogP contribution < -0.4 is 10.5 Å². The minimum absolute atomic E-state index is 0.000202. The van der Waals surface area contributed by atoms with Gasteiger partial charge in [0.1, 0.15) is 10.7 Å². The lowest BCUT2D eigenvalue weighted by molar-refractivity contribution is 0.0935. The molecule has 9 heteroatoms. The molecular weight excluding hydrogens is 406 g/mol. The maximum atomic E-state index is 12.5. The summed E-state index contributed by atoms with van der Waals surface area (Å²) in [4.78, 5) is 16.8. The van der Waals surface area contributed by atoms with Crippen LogP contribution in [-0.4, -0.2) is 19.3 Å². The molecule has 1 amide bonds. The molecule has 27 heavy (non-hydrogen) atoms. The van der Waals surface area contributed by atoms with Crippen LogP contribution in [0.5, 0.6) is 0 Å². The second kappa shape index (κ2) is 7.77. The molecule has 0 spiro atoms. The highest BCUT2D eigenvalue weighted by molar-refractivity contribution is 7.89. The third kappa shape index (κ3) is 4.72. The molecular formula is C18H16ClN3O3S2. The number of hydrogen-bond acceptors (Lipinski definition) is 5. The van der Waals surface area contributed by atoms with Gasteiger partial charge in [0.25, 0.3) is 5.91 Å². The van der Waals surface area contributed by atoms with Crippen LogP contribution in [0.4, 0.5) is 0 Å². The fourth-order valence-electron chi connectivity index (χ4n) is 2.42. The van der Waals surface area contributed by atoms with E-state index in [-0.39, 0.29) is 10.8 Å². The standard InChI is InChI=1S/C18H16ClN3O3S2/c1-11(13-3-2-4-15(9-13)27(20,24)25)21-17(23)16-10-26-18(22-16)12-5-7-14(19)8-6-12/h2-11H,1H3,(H,21,23)(H2,20,24,25). The second-order valence-electron chi connectivity index (χ2n) is 5.86. The van der Waals surface area contributed by atoms with Crippen molar-refractivity contribution >= 4 is 38.9 Å². The van der Waals surface area contributed by atoms with E-state index in [0.717, 1.165) is 5.56 Å². The monoisotopic (exact) mass is 421 g/mol. The van der Waals surface area contributed by atoms with Crippen LogP contribution in [0.1, 0.15) is 29.0 Å². The van der Waals surface area contributed by atoms with E-state index in [4.69, 9.17) is 16.7 Å². The Kier molecular flexibility index (Phi) is 5.61. The fourth-order valence-corrected chi connectivity index (χ4v) is 3.92. The maximum Gasteiger partial charge on any atom is 0.271 e. The molecule has 3 rings (SSSR count). The quantitative estimate of drug-likeness (QED) is 0.656. The smallest absolute Gasteiger partial charge is 0.271 e. The van der Waals surface area contributed by atoms with Crippen molar-refractivity contribution in [1.29, 1.82) is 0 Å². The van der Waals surface area contributed by atoms with Gasteiger partial charge < -0.3 is 5.32 Å². The zero-order chi connectivity index (χ0) is 19.6. The molecule has 2 aromatic carbocycles. The summed E-state index contributed by atoms with van der Waals surface area (Å²) >= 11 is 7.24. The van der Waals surface area contributed by atoms with Gasteiger partial charge in [0, 0.05) is 16.0 Å². The van der Waals surface area contributed by atoms with E-state index in [1.54, 1.807) is 36.6 Å². The van der Waals surface area contributed by atoms with Gasteiger partial charge in [-0.25, -0.2) is 18.5 Å². The number of primary sulfonamides is 1. The molecule has 3 aromatic rings. The van der Waals surface area contributed by atoms with E-state index in [0.29, 0.717) is 21.3 Å². The third-order valence-corrected chi connectivity index (χ3v) is 5.92. The molecule has 1 aromatic heterocycles. The Hall–Kier alpha value is -2.26. The highest BCUT2D eigenvalue weighted by atomic mass is 35.5. The number of nitrogens with two attached hydrogens (primary N) is 1. The van der Waals surface area contributed by atoms with Crippen molar-refractivity contribution in [3.8, 4) is 10.6 Å². The number of benzene rings is 2. The minimum atomic E-state index is -3.80. The van der Waals surface area contributed by atoms with Gasteiger partial charge in [0.05, 0.1) is 10.9 Å². The highest BCUT2D eigenvalue weighted by Gasteiger charge is 2.17. The van der Waals surface area contributed by atoms with Crippen molar-refractivity contribution < 1.29 is 13.2 Å². The second-order valence-corrected chi connectivity index (χ2v) is 8.71. The zero-order valence-electron chi connectivity index (χ0n) is 14.2. The van der Waals surface area contributed by atoms with Gasteiger partial charge in [-0.15, -0.1) is 11.3 Å². The van der Waals surface area contributed by atoms with Crippen LogP contribution in [0.25, 0.3) is 10.6 Å². The number of nitrogens with zero attached hydrogens (tertiary/aromatic N) is 1. The summed E-state index contributed by atoms with van der Waals surface area (Å²) in [6.45, 7) is 1.76.